The molecule has 0 spiro atoms. The molecule has 2 unspecified atom stereocenters. The molecule has 0 aliphatic carbocycles. The monoisotopic (exact) mass is 384 g/mol. The van der Waals surface area contributed by atoms with E-state index in [4.69, 9.17) is 9.26 Å². The Hall–Kier alpha value is -2.34. The molecular formula is C22H32N4O2. The van der Waals surface area contributed by atoms with Gasteiger partial charge in [-0.1, -0.05) is 49.3 Å². The molecule has 2 N–H and O–H groups in total. The summed E-state index contributed by atoms with van der Waals surface area (Å²) in [6.45, 7) is 6.50. The van der Waals surface area contributed by atoms with Crippen molar-refractivity contribution in [2.75, 3.05) is 20.2 Å². The Balaban J connectivity index is 1.58. The Morgan fingerprint density at radius 3 is 2.71 bits per heavy atom. The third kappa shape index (κ3) is 4.93. The van der Waals surface area contributed by atoms with Crippen LogP contribution in [0.2, 0.25) is 0 Å². The summed E-state index contributed by atoms with van der Waals surface area (Å²) in [5, 5.41) is 11.1. The van der Waals surface area contributed by atoms with Crippen LogP contribution in [-0.2, 0) is 24.1 Å². The van der Waals surface area contributed by atoms with Gasteiger partial charge in [-0.2, -0.15) is 0 Å². The van der Waals surface area contributed by atoms with Gasteiger partial charge in [0.1, 0.15) is 5.76 Å². The summed E-state index contributed by atoms with van der Waals surface area (Å²) in [5.41, 5.74) is 3.42. The Morgan fingerprint density at radius 2 is 2.00 bits per heavy atom. The highest BCUT2D eigenvalue weighted by Crippen LogP contribution is 2.33. The fourth-order valence-corrected chi connectivity index (χ4v) is 3.82. The summed E-state index contributed by atoms with van der Waals surface area (Å²) < 4.78 is 11.6. The number of hydrogen-bond donors (Lipinski definition) is 2. The van der Waals surface area contributed by atoms with Crippen molar-refractivity contribution in [1.29, 1.82) is 0 Å². The molecule has 2 heterocycles. The van der Waals surface area contributed by atoms with Crippen molar-refractivity contribution in [2.45, 2.75) is 52.2 Å². The molecule has 1 aliphatic rings. The van der Waals surface area contributed by atoms with Crippen LogP contribution in [0.3, 0.4) is 0 Å². The van der Waals surface area contributed by atoms with E-state index in [0.717, 1.165) is 61.8 Å². The Kier molecular flexibility index (Phi) is 7.48. The lowest BCUT2D eigenvalue weighted by Gasteiger charge is -2.32. The molecule has 1 aromatic heterocycles. The minimum absolute atomic E-state index is 0.136. The molecule has 2 atom stereocenters. The molecule has 0 amide bonds. The second kappa shape index (κ2) is 10.3. The highest BCUT2D eigenvalue weighted by atomic mass is 16.5. The van der Waals surface area contributed by atoms with Gasteiger partial charge < -0.3 is 19.9 Å². The summed E-state index contributed by atoms with van der Waals surface area (Å²) >= 11 is 0. The van der Waals surface area contributed by atoms with E-state index in [9.17, 15) is 0 Å². The molecular weight excluding hydrogens is 352 g/mol. The Bertz CT molecular complexity index is 736. The van der Waals surface area contributed by atoms with Gasteiger partial charge in [-0.3, -0.25) is 4.99 Å². The van der Waals surface area contributed by atoms with Crippen LogP contribution in [0.25, 0.3) is 0 Å². The van der Waals surface area contributed by atoms with E-state index in [1.165, 1.54) is 5.56 Å². The third-order valence-corrected chi connectivity index (χ3v) is 5.37. The van der Waals surface area contributed by atoms with Gasteiger partial charge in [-0.25, -0.2) is 0 Å². The van der Waals surface area contributed by atoms with Gasteiger partial charge in [0.05, 0.1) is 11.8 Å². The summed E-state index contributed by atoms with van der Waals surface area (Å²) in [6, 6.07) is 10.5. The molecule has 0 saturated carbocycles. The van der Waals surface area contributed by atoms with E-state index in [1.807, 2.05) is 6.07 Å². The van der Waals surface area contributed by atoms with E-state index in [-0.39, 0.29) is 6.10 Å². The first-order valence-corrected chi connectivity index (χ1v) is 10.3. The van der Waals surface area contributed by atoms with Crippen molar-refractivity contribution in [2.24, 2.45) is 10.9 Å². The normalized spacial score (nSPS) is 20.2. The van der Waals surface area contributed by atoms with Gasteiger partial charge in [0.2, 0.25) is 0 Å². The Labute approximate surface area is 167 Å². The molecule has 28 heavy (non-hydrogen) atoms. The fourth-order valence-electron chi connectivity index (χ4n) is 3.82. The zero-order valence-corrected chi connectivity index (χ0v) is 17.2. The predicted molar refractivity (Wildman–Crippen MR) is 111 cm³/mol. The van der Waals surface area contributed by atoms with Crippen LogP contribution >= 0.6 is 0 Å². The number of nitrogens with one attached hydrogen (secondary N) is 2. The van der Waals surface area contributed by atoms with Gasteiger partial charge in [-0.05, 0) is 24.8 Å². The first-order valence-electron chi connectivity index (χ1n) is 10.3. The van der Waals surface area contributed by atoms with Crippen molar-refractivity contribution in [3.63, 3.8) is 0 Å². The third-order valence-electron chi connectivity index (χ3n) is 5.37. The number of rotatable bonds is 7. The zero-order chi connectivity index (χ0) is 19.8. The van der Waals surface area contributed by atoms with Crippen LogP contribution < -0.4 is 10.6 Å². The van der Waals surface area contributed by atoms with Crippen molar-refractivity contribution >= 4 is 5.96 Å². The summed E-state index contributed by atoms with van der Waals surface area (Å²) in [7, 11) is 1.80. The summed E-state index contributed by atoms with van der Waals surface area (Å²) in [4.78, 5) is 4.38. The number of guanidine groups is 1. The maximum absolute atomic E-state index is 6.10. The molecule has 6 heteroatoms. The van der Waals surface area contributed by atoms with E-state index in [0.29, 0.717) is 12.5 Å². The second-order valence-corrected chi connectivity index (χ2v) is 7.15. The first-order chi connectivity index (χ1) is 13.8. The highest BCUT2D eigenvalue weighted by Gasteiger charge is 2.27. The lowest BCUT2D eigenvalue weighted by atomic mass is 9.89. The van der Waals surface area contributed by atoms with Crippen LogP contribution in [0.1, 0.15) is 55.4 Å². The molecule has 1 aromatic carbocycles. The SMILES string of the molecule is CCc1noc(CC)c1CNC(=NC)NCC1CCCOC1c1ccccc1. The van der Waals surface area contributed by atoms with Crippen molar-refractivity contribution < 1.29 is 9.26 Å². The molecule has 3 rings (SSSR count). The topological polar surface area (TPSA) is 71.7 Å². The lowest BCUT2D eigenvalue weighted by Crippen LogP contribution is -2.41. The second-order valence-electron chi connectivity index (χ2n) is 7.15. The van der Waals surface area contributed by atoms with Gasteiger partial charge >= 0.3 is 0 Å². The van der Waals surface area contributed by atoms with Crippen LogP contribution in [0.5, 0.6) is 0 Å². The van der Waals surface area contributed by atoms with E-state index in [2.05, 4.69) is 58.9 Å². The molecule has 1 aliphatic heterocycles. The summed E-state index contributed by atoms with van der Waals surface area (Å²) in [6.07, 6.45) is 4.09. The van der Waals surface area contributed by atoms with Crippen molar-refractivity contribution in [3.8, 4) is 0 Å². The number of aryl methyl sites for hydroxylation is 2. The van der Waals surface area contributed by atoms with Gasteiger partial charge in [0.15, 0.2) is 5.96 Å². The average Bonchev–Trinajstić information content (AvgIpc) is 3.16. The fraction of sp³-hybridized carbons (Fsp3) is 0.545. The molecule has 6 nitrogen and oxygen atoms in total. The average molecular weight is 385 g/mol. The number of nitrogens with zero attached hydrogens (tertiary/aromatic N) is 2. The van der Waals surface area contributed by atoms with Gasteiger partial charge in [0, 0.05) is 44.6 Å². The first kappa shape index (κ1) is 20.4. The minimum atomic E-state index is 0.136. The highest BCUT2D eigenvalue weighted by molar-refractivity contribution is 5.79. The Morgan fingerprint density at radius 1 is 1.18 bits per heavy atom. The maximum Gasteiger partial charge on any atom is 0.191 e. The molecule has 0 bridgehead atoms. The van der Waals surface area contributed by atoms with Crippen LogP contribution in [-0.4, -0.2) is 31.3 Å². The van der Waals surface area contributed by atoms with Gasteiger partial charge in [0.25, 0.3) is 0 Å². The molecule has 152 valence electrons. The molecule has 2 aromatic rings. The van der Waals surface area contributed by atoms with E-state index in [1.54, 1.807) is 7.05 Å². The maximum atomic E-state index is 6.10. The summed E-state index contributed by atoms with van der Waals surface area (Å²) in [5.74, 6) is 2.16. The number of benzene rings is 1. The minimum Gasteiger partial charge on any atom is -0.373 e. The number of aromatic nitrogens is 1. The largest absolute Gasteiger partial charge is 0.373 e. The van der Waals surface area contributed by atoms with Crippen LogP contribution in [0.15, 0.2) is 39.8 Å². The zero-order valence-electron chi connectivity index (χ0n) is 17.2. The molecule has 1 saturated heterocycles. The smallest absolute Gasteiger partial charge is 0.191 e. The van der Waals surface area contributed by atoms with Crippen LogP contribution in [0, 0.1) is 5.92 Å². The quantitative estimate of drug-likeness (QED) is 0.563. The van der Waals surface area contributed by atoms with Crippen molar-refractivity contribution in [3.05, 3.63) is 52.9 Å². The molecule has 1 fully saturated rings. The predicted octanol–water partition coefficient (Wildman–Crippen LogP) is 3.63. The van der Waals surface area contributed by atoms with Gasteiger partial charge in [-0.15, -0.1) is 0 Å². The standard InChI is InChI=1S/C22H32N4O2/c1-4-19-18(20(5-2)28-26-19)15-25-22(23-3)24-14-17-12-9-13-27-21(17)16-10-7-6-8-11-16/h6-8,10-11,17,21H,4-5,9,12-15H2,1-3H3,(H2,23,24,25). The number of ether oxygens (including phenoxy) is 1. The van der Waals surface area contributed by atoms with E-state index >= 15 is 0 Å². The number of hydrogen-bond acceptors (Lipinski definition) is 4. The van der Waals surface area contributed by atoms with Crippen LogP contribution in [0.4, 0.5) is 0 Å². The lowest BCUT2D eigenvalue weighted by molar-refractivity contribution is -0.0265. The molecule has 0 radical (unpaired) electrons. The number of aliphatic imine (C=N–C) groups is 1. The van der Waals surface area contributed by atoms with Crippen molar-refractivity contribution in [1.82, 2.24) is 15.8 Å². The van der Waals surface area contributed by atoms with E-state index < -0.39 is 0 Å².